The summed E-state index contributed by atoms with van der Waals surface area (Å²) in [4.78, 5) is 2.23. The van der Waals surface area contributed by atoms with E-state index in [1.807, 2.05) is 12.1 Å². The van der Waals surface area contributed by atoms with E-state index in [0.717, 1.165) is 31.7 Å². The fraction of sp³-hybridized carbons (Fsp3) is 0.538. The summed E-state index contributed by atoms with van der Waals surface area (Å²) in [7, 11) is 0. The third-order valence-electron chi connectivity index (χ3n) is 3.35. The summed E-state index contributed by atoms with van der Waals surface area (Å²) >= 11 is 3.31. The molecule has 0 unspecified atom stereocenters. The van der Waals surface area contributed by atoms with Crippen LogP contribution in [0.5, 0.6) is 5.75 Å². The third kappa shape index (κ3) is 3.02. The molecule has 5 heteroatoms. The van der Waals surface area contributed by atoms with Crippen molar-refractivity contribution in [3.8, 4) is 5.75 Å². The minimum Gasteiger partial charge on any atom is -0.506 e. The van der Waals surface area contributed by atoms with Gasteiger partial charge in [0.15, 0.2) is 0 Å². The Bertz CT molecular complexity index is 397. The molecule has 0 bridgehead atoms. The average Bonchev–Trinajstić information content (AvgIpc) is 2.41. The van der Waals surface area contributed by atoms with E-state index in [4.69, 9.17) is 0 Å². The molecule has 1 heterocycles. The number of rotatable bonds is 4. The van der Waals surface area contributed by atoms with Gasteiger partial charge < -0.3 is 10.4 Å². The zero-order valence-electron chi connectivity index (χ0n) is 10.2. The first-order valence-electron chi connectivity index (χ1n) is 6.22. The van der Waals surface area contributed by atoms with E-state index >= 15 is 0 Å². The molecule has 0 spiro atoms. The van der Waals surface area contributed by atoms with Crippen LogP contribution in [0.2, 0.25) is 0 Å². The number of nitrogens with zero attached hydrogens (tertiary/aromatic N) is 1. The second-order valence-corrected chi connectivity index (χ2v) is 5.31. The second kappa shape index (κ2) is 6.50. The van der Waals surface area contributed by atoms with Gasteiger partial charge in [-0.1, -0.05) is 12.1 Å². The van der Waals surface area contributed by atoms with E-state index in [1.165, 1.54) is 0 Å². The highest BCUT2D eigenvalue weighted by Gasteiger charge is 2.24. The number of hydrogen-bond donors (Lipinski definition) is 2. The number of hydrogen-bond acceptors (Lipinski definition) is 3. The molecule has 1 atom stereocenters. The largest absolute Gasteiger partial charge is 0.506 e. The predicted molar refractivity (Wildman–Crippen MR) is 73.6 cm³/mol. The number of alkyl halides is 1. The Morgan fingerprint density at radius 2 is 2.11 bits per heavy atom. The lowest BCUT2D eigenvalue weighted by atomic mass is 10.0. The number of piperazine rings is 1. The van der Waals surface area contributed by atoms with E-state index in [0.29, 0.717) is 10.9 Å². The van der Waals surface area contributed by atoms with Crippen LogP contribution in [0.15, 0.2) is 22.7 Å². The summed E-state index contributed by atoms with van der Waals surface area (Å²) in [5, 5.41) is 13.4. The van der Waals surface area contributed by atoms with E-state index in [1.54, 1.807) is 6.07 Å². The van der Waals surface area contributed by atoms with Gasteiger partial charge in [0, 0.05) is 37.8 Å². The maximum atomic E-state index is 12.8. The summed E-state index contributed by atoms with van der Waals surface area (Å²) in [6, 6.07) is 5.51. The van der Waals surface area contributed by atoms with Crippen LogP contribution in [-0.4, -0.2) is 42.9 Å². The quantitative estimate of drug-likeness (QED) is 0.895. The Morgan fingerprint density at radius 3 is 2.78 bits per heavy atom. The Kier molecular flexibility index (Phi) is 4.97. The van der Waals surface area contributed by atoms with Gasteiger partial charge in [-0.2, -0.15) is 0 Å². The number of phenols is 1. The highest BCUT2D eigenvalue weighted by Crippen LogP contribution is 2.36. The van der Waals surface area contributed by atoms with Crippen molar-refractivity contribution in [3.63, 3.8) is 0 Å². The number of para-hydroxylation sites is 1. The molecule has 1 fully saturated rings. The van der Waals surface area contributed by atoms with Crippen molar-refractivity contribution in [2.75, 3.05) is 32.9 Å². The van der Waals surface area contributed by atoms with Crippen LogP contribution in [0.3, 0.4) is 0 Å². The molecule has 1 saturated heterocycles. The van der Waals surface area contributed by atoms with Crippen LogP contribution in [0.1, 0.15) is 18.0 Å². The molecule has 0 amide bonds. The van der Waals surface area contributed by atoms with Gasteiger partial charge in [-0.25, -0.2) is 0 Å². The minimum absolute atomic E-state index is 0.0467. The maximum Gasteiger partial charge on any atom is 0.134 e. The van der Waals surface area contributed by atoms with Crippen molar-refractivity contribution in [1.29, 1.82) is 0 Å². The first-order valence-corrected chi connectivity index (χ1v) is 7.01. The Balaban J connectivity index is 2.25. The van der Waals surface area contributed by atoms with Crippen LogP contribution in [0.4, 0.5) is 4.39 Å². The Morgan fingerprint density at radius 1 is 1.39 bits per heavy atom. The van der Waals surface area contributed by atoms with Crippen LogP contribution in [-0.2, 0) is 0 Å². The molecule has 3 nitrogen and oxygen atoms in total. The Labute approximate surface area is 115 Å². The standard InChI is InChI=1S/C13H18BrFN2O/c14-11-3-1-2-10(13(11)18)12(4-5-15)17-8-6-16-7-9-17/h1-3,12,16,18H,4-9H2/t12-/m1/s1. The summed E-state index contributed by atoms with van der Waals surface area (Å²) in [6.07, 6.45) is 0.421. The Hall–Kier alpha value is -0.650. The second-order valence-electron chi connectivity index (χ2n) is 4.46. The van der Waals surface area contributed by atoms with Gasteiger partial charge in [-0.3, -0.25) is 9.29 Å². The third-order valence-corrected chi connectivity index (χ3v) is 3.99. The van der Waals surface area contributed by atoms with Gasteiger partial charge in [-0.05, 0) is 28.4 Å². The molecule has 18 heavy (non-hydrogen) atoms. The molecule has 2 N–H and O–H groups in total. The van der Waals surface area contributed by atoms with Crippen molar-refractivity contribution in [2.24, 2.45) is 0 Å². The summed E-state index contributed by atoms with van der Waals surface area (Å²) in [5.74, 6) is 0.231. The molecule has 1 aliphatic rings. The van der Waals surface area contributed by atoms with Crippen molar-refractivity contribution in [2.45, 2.75) is 12.5 Å². The van der Waals surface area contributed by atoms with E-state index in [-0.39, 0.29) is 18.5 Å². The van der Waals surface area contributed by atoms with E-state index < -0.39 is 0 Å². The molecule has 0 saturated carbocycles. The zero-order chi connectivity index (χ0) is 13.0. The lowest BCUT2D eigenvalue weighted by molar-refractivity contribution is 0.155. The normalized spacial score (nSPS) is 18.8. The highest BCUT2D eigenvalue weighted by molar-refractivity contribution is 9.10. The summed E-state index contributed by atoms with van der Waals surface area (Å²) in [5.41, 5.74) is 0.809. The number of benzene rings is 1. The molecule has 0 aromatic heterocycles. The van der Waals surface area contributed by atoms with Gasteiger partial charge in [0.25, 0.3) is 0 Å². The topological polar surface area (TPSA) is 35.5 Å². The lowest BCUT2D eigenvalue weighted by Crippen LogP contribution is -2.45. The molecular weight excluding hydrogens is 299 g/mol. The van der Waals surface area contributed by atoms with Crippen molar-refractivity contribution in [1.82, 2.24) is 10.2 Å². The summed E-state index contributed by atoms with van der Waals surface area (Å²) < 4.78 is 13.4. The first-order chi connectivity index (χ1) is 8.74. The average molecular weight is 317 g/mol. The predicted octanol–water partition coefficient (Wildman–Crippen LogP) is 2.46. The molecule has 0 radical (unpaired) electrons. The van der Waals surface area contributed by atoms with Gasteiger partial charge in [0.05, 0.1) is 11.1 Å². The van der Waals surface area contributed by atoms with E-state index in [2.05, 4.69) is 26.1 Å². The van der Waals surface area contributed by atoms with Crippen molar-refractivity contribution < 1.29 is 9.50 Å². The molecule has 100 valence electrons. The van der Waals surface area contributed by atoms with Crippen LogP contribution >= 0.6 is 15.9 Å². The smallest absolute Gasteiger partial charge is 0.134 e. The molecule has 1 aliphatic heterocycles. The maximum absolute atomic E-state index is 12.8. The van der Waals surface area contributed by atoms with Crippen LogP contribution < -0.4 is 5.32 Å². The van der Waals surface area contributed by atoms with Crippen molar-refractivity contribution >= 4 is 15.9 Å². The first kappa shape index (κ1) is 13.8. The van der Waals surface area contributed by atoms with Gasteiger partial charge in [0.1, 0.15) is 5.75 Å². The monoisotopic (exact) mass is 316 g/mol. The van der Waals surface area contributed by atoms with Crippen LogP contribution in [0, 0.1) is 0 Å². The van der Waals surface area contributed by atoms with Gasteiger partial charge in [0.2, 0.25) is 0 Å². The number of halogens is 2. The molecule has 0 aliphatic carbocycles. The summed E-state index contributed by atoms with van der Waals surface area (Å²) in [6.45, 7) is 3.23. The zero-order valence-corrected chi connectivity index (χ0v) is 11.8. The number of aromatic hydroxyl groups is 1. The molecule has 2 rings (SSSR count). The lowest BCUT2D eigenvalue weighted by Gasteiger charge is -2.35. The van der Waals surface area contributed by atoms with Gasteiger partial charge >= 0.3 is 0 Å². The van der Waals surface area contributed by atoms with Gasteiger partial charge in [-0.15, -0.1) is 0 Å². The minimum atomic E-state index is -0.374. The molecular formula is C13H18BrFN2O. The fourth-order valence-electron chi connectivity index (χ4n) is 2.43. The number of nitrogens with one attached hydrogen (secondary N) is 1. The van der Waals surface area contributed by atoms with E-state index in [9.17, 15) is 9.50 Å². The number of phenolic OH excluding ortho intramolecular Hbond substituents is 1. The van der Waals surface area contributed by atoms with Crippen molar-refractivity contribution in [3.05, 3.63) is 28.2 Å². The molecule has 1 aromatic rings. The highest BCUT2D eigenvalue weighted by atomic mass is 79.9. The van der Waals surface area contributed by atoms with Crippen LogP contribution in [0.25, 0.3) is 0 Å². The SMILES string of the molecule is Oc1c(Br)cccc1[C@@H](CCF)N1CCNCC1. The fourth-order valence-corrected chi connectivity index (χ4v) is 2.81. The molecule has 1 aromatic carbocycles.